The molecule has 2 heterocycles. The number of esters is 1. The molecule has 2 aromatic rings. The largest absolute Gasteiger partial charge is 0.455 e. The molecule has 5 nitrogen and oxygen atoms in total. The van der Waals surface area contributed by atoms with Gasteiger partial charge in [0, 0.05) is 18.5 Å². The van der Waals surface area contributed by atoms with Gasteiger partial charge in [-0.15, -0.1) is 0 Å². The maximum atomic E-state index is 12.2. The fraction of sp³-hybridized carbons (Fsp3) is 0.450. The first kappa shape index (κ1) is 18.7. The standard InChI is InChI=1S/C20H24N2O3S/c1-15-12-18(21-17-9-5-4-8-16(15)17)26-14-20(24)25-13-19(23)22-10-6-2-3-7-11-22/h4-5,8-9,12H,2-3,6-7,10-11,13-14H2,1H3. The molecule has 0 atom stereocenters. The van der Waals surface area contributed by atoms with Crippen LogP contribution in [0.1, 0.15) is 31.2 Å². The number of benzene rings is 1. The van der Waals surface area contributed by atoms with Crippen LogP contribution >= 0.6 is 11.8 Å². The second-order valence-electron chi connectivity index (χ2n) is 6.54. The van der Waals surface area contributed by atoms with E-state index in [0.717, 1.165) is 47.4 Å². The fourth-order valence-electron chi connectivity index (χ4n) is 3.12. The van der Waals surface area contributed by atoms with E-state index in [9.17, 15) is 9.59 Å². The lowest BCUT2D eigenvalue weighted by Gasteiger charge is -2.19. The first-order valence-electron chi connectivity index (χ1n) is 9.06. The molecule has 1 saturated heterocycles. The van der Waals surface area contributed by atoms with E-state index in [4.69, 9.17) is 4.74 Å². The van der Waals surface area contributed by atoms with Crippen molar-refractivity contribution in [3.8, 4) is 0 Å². The Balaban J connectivity index is 1.49. The van der Waals surface area contributed by atoms with Crippen LogP contribution in [-0.4, -0.2) is 47.2 Å². The SMILES string of the molecule is Cc1cc(SCC(=O)OCC(=O)N2CCCCCC2)nc2ccccc12. The lowest BCUT2D eigenvalue weighted by atomic mass is 10.1. The molecule has 3 rings (SSSR count). The van der Waals surface area contributed by atoms with Gasteiger partial charge >= 0.3 is 5.97 Å². The normalized spacial score (nSPS) is 14.9. The molecule has 0 aliphatic carbocycles. The predicted octanol–water partition coefficient (Wildman–Crippen LogP) is 3.58. The number of rotatable bonds is 5. The minimum atomic E-state index is -0.384. The van der Waals surface area contributed by atoms with Gasteiger partial charge < -0.3 is 9.64 Å². The van der Waals surface area contributed by atoms with Gasteiger partial charge in [-0.1, -0.05) is 42.8 Å². The molecular weight excluding hydrogens is 348 g/mol. The van der Waals surface area contributed by atoms with Gasteiger partial charge in [-0.25, -0.2) is 4.98 Å². The summed E-state index contributed by atoms with van der Waals surface area (Å²) in [6, 6.07) is 9.91. The number of likely N-dealkylation sites (tertiary alicyclic amines) is 1. The summed E-state index contributed by atoms with van der Waals surface area (Å²) in [5, 5.41) is 1.90. The Bertz CT molecular complexity index is 786. The van der Waals surface area contributed by atoms with E-state index in [2.05, 4.69) is 4.98 Å². The van der Waals surface area contributed by atoms with Crippen molar-refractivity contribution in [1.29, 1.82) is 0 Å². The number of hydrogen-bond acceptors (Lipinski definition) is 5. The van der Waals surface area contributed by atoms with Crippen LogP contribution in [0.5, 0.6) is 0 Å². The topological polar surface area (TPSA) is 59.5 Å². The molecule has 1 fully saturated rings. The van der Waals surface area contributed by atoms with Crippen LogP contribution in [-0.2, 0) is 14.3 Å². The Kier molecular flexibility index (Phi) is 6.50. The zero-order valence-corrected chi connectivity index (χ0v) is 15.9. The molecule has 0 radical (unpaired) electrons. The Morgan fingerprint density at radius 2 is 1.88 bits per heavy atom. The molecular formula is C20H24N2O3S. The summed E-state index contributed by atoms with van der Waals surface area (Å²) in [7, 11) is 0. The van der Waals surface area contributed by atoms with E-state index >= 15 is 0 Å². The Morgan fingerprint density at radius 1 is 1.15 bits per heavy atom. The number of carbonyl (C=O) groups excluding carboxylic acids is 2. The van der Waals surface area contributed by atoms with Crippen LogP contribution in [0.4, 0.5) is 0 Å². The molecule has 1 amide bonds. The van der Waals surface area contributed by atoms with Crippen LogP contribution in [0, 0.1) is 6.92 Å². The number of amides is 1. The van der Waals surface area contributed by atoms with Crippen molar-refractivity contribution >= 4 is 34.5 Å². The smallest absolute Gasteiger partial charge is 0.316 e. The molecule has 1 aromatic carbocycles. The van der Waals surface area contributed by atoms with Gasteiger partial charge in [0.2, 0.25) is 0 Å². The minimum Gasteiger partial charge on any atom is -0.455 e. The highest BCUT2D eigenvalue weighted by Crippen LogP contribution is 2.23. The highest BCUT2D eigenvalue weighted by molar-refractivity contribution is 7.99. The molecule has 6 heteroatoms. The molecule has 0 N–H and O–H groups in total. The van der Waals surface area contributed by atoms with E-state index < -0.39 is 0 Å². The second-order valence-corrected chi connectivity index (χ2v) is 7.53. The first-order chi connectivity index (χ1) is 12.6. The summed E-state index contributed by atoms with van der Waals surface area (Å²) in [6.07, 6.45) is 4.39. The quantitative estimate of drug-likeness (QED) is 0.593. The number of pyridine rings is 1. The molecule has 1 aromatic heterocycles. The summed E-state index contributed by atoms with van der Waals surface area (Å²) >= 11 is 1.34. The zero-order valence-electron chi connectivity index (χ0n) is 15.1. The summed E-state index contributed by atoms with van der Waals surface area (Å²) in [4.78, 5) is 30.5. The summed E-state index contributed by atoms with van der Waals surface area (Å²) in [6.45, 7) is 3.41. The van der Waals surface area contributed by atoms with Gasteiger partial charge in [0.05, 0.1) is 16.3 Å². The molecule has 138 valence electrons. The number of hydrogen-bond donors (Lipinski definition) is 0. The molecule has 1 aliphatic rings. The first-order valence-corrected chi connectivity index (χ1v) is 10.0. The fourth-order valence-corrected chi connectivity index (χ4v) is 3.89. The molecule has 26 heavy (non-hydrogen) atoms. The van der Waals surface area contributed by atoms with Crippen molar-refractivity contribution in [2.24, 2.45) is 0 Å². The number of aromatic nitrogens is 1. The average molecular weight is 372 g/mol. The van der Waals surface area contributed by atoms with Gasteiger partial charge in [-0.3, -0.25) is 9.59 Å². The highest BCUT2D eigenvalue weighted by Gasteiger charge is 2.17. The van der Waals surface area contributed by atoms with E-state index in [1.807, 2.05) is 42.2 Å². The predicted molar refractivity (Wildman–Crippen MR) is 103 cm³/mol. The van der Waals surface area contributed by atoms with Crippen molar-refractivity contribution < 1.29 is 14.3 Å². The average Bonchev–Trinajstić information content (AvgIpc) is 2.94. The minimum absolute atomic E-state index is 0.0927. The molecule has 0 bridgehead atoms. The third-order valence-corrected chi connectivity index (χ3v) is 5.44. The van der Waals surface area contributed by atoms with Crippen molar-refractivity contribution in [1.82, 2.24) is 9.88 Å². The monoisotopic (exact) mass is 372 g/mol. The van der Waals surface area contributed by atoms with E-state index in [1.54, 1.807) is 0 Å². The van der Waals surface area contributed by atoms with Gasteiger partial charge in [0.1, 0.15) is 0 Å². The van der Waals surface area contributed by atoms with Crippen LogP contribution in [0.3, 0.4) is 0 Å². The van der Waals surface area contributed by atoms with Crippen molar-refractivity contribution in [3.05, 3.63) is 35.9 Å². The van der Waals surface area contributed by atoms with E-state index in [0.29, 0.717) is 0 Å². The van der Waals surface area contributed by atoms with Crippen LogP contribution < -0.4 is 0 Å². The molecule has 0 unspecified atom stereocenters. The van der Waals surface area contributed by atoms with E-state index in [1.165, 1.54) is 24.6 Å². The lowest BCUT2D eigenvalue weighted by molar-refractivity contribution is -0.149. The number of para-hydroxylation sites is 1. The number of ether oxygens (including phenoxy) is 1. The molecule has 0 saturated carbocycles. The van der Waals surface area contributed by atoms with E-state index in [-0.39, 0.29) is 24.2 Å². The Hall–Kier alpha value is -2.08. The van der Waals surface area contributed by atoms with Crippen molar-refractivity contribution in [2.75, 3.05) is 25.4 Å². The van der Waals surface area contributed by atoms with Crippen molar-refractivity contribution in [2.45, 2.75) is 37.6 Å². The number of carbonyl (C=O) groups is 2. The maximum absolute atomic E-state index is 12.2. The number of thioether (sulfide) groups is 1. The van der Waals surface area contributed by atoms with Crippen LogP contribution in [0.15, 0.2) is 35.4 Å². The lowest BCUT2D eigenvalue weighted by Crippen LogP contribution is -2.35. The number of aryl methyl sites for hydroxylation is 1. The third-order valence-electron chi connectivity index (χ3n) is 4.55. The van der Waals surface area contributed by atoms with Gasteiger partial charge in [-0.05, 0) is 37.5 Å². The van der Waals surface area contributed by atoms with Gasteiger partial charge in [0.15, 0.2) is 6.61 Å². The van der Waals surface area contributed by atoms with Crippen LogP contribution in [0.2, 0.25) is 0 Å². The third kappa shape index (κ3) is 4.97. The Morgan fingerprint density at radius 3 is 2.65 bits per heavy atom. The van der Waals surface area contributed by atoms with Crippen molar-refractivity contribution in [3.63, 3.8) is 0 Å². The summed E-state index contributed by atoms with van der Waals surface area (Å²) < 4.78 is 5.16. The van der Waals surface area contributed by atoms with Gasteiger partial charge in [-0.2, -0.15) is 0 Å². The zero-order chi connectivity index (χ0) is 18.4. The number of fused-ring (bicyclic) bond motifs is 1. The summed E-state index contributed by atoms with van der Waals surface area (Å²) in [5.74, 6) is -0.325. The van der Waals surface area contributed by atoms with Crippen LogP contribution in [0.25, 0.3) is 10.9 Å². The number of nitrogens with zero attached hydrogens (tertiary/aromatic N) is 2. The second kappa shape index (κ2) is 9.03. The molecule has 0 spiro atoms. The molecule has 1 aliphatic heterocycles. The highest BCUT2D eigenvalue weighted by atomic mass is 32.2. The maximum Gasteiger partial charge on any atom is 0.316 e. The summed E-state index contributed by atoms with van der Waals surface area (Å²) in [5.41, 5.74) is 2.04. The van der Waals surface area contributed by atoms with Gasteiger partial charge in [0.25, 0.3) is 5.91 Å². The Labute approximate surface area is 158 Å².